The standard InChI is InChI=1S/C12H17N3O8S2/c1-2-23-10(17)6-4-3-5-9(16)11-8(13-12(18)14-11)7-24-25(21,22)15(19)20/h2-7H2,1H3,(H2,13,14,18). The molecule has 0 aromatic carbocycles. The van der Waals surface area contributed by atoms with Crippen molar-refractivity contribution in [3.63, 3.8) is 0 Å². The number of hydrogen-bond acceptors (Lipinski definition) is 9. The van der Waals surface area contributed by atoms with E-state index in [2.05, 4.69) is 9.97 Å². The number of carbonyl (C=O) groups excluding carboxylic acids is 2. The van der Waals surface area contributed by atoms with Gasteiger partial charge in [0.1, 0.15) is 5.69 Å². The second-order valence-corrected chi connectivity index (χ2v) is 8.43. The van der Waals surface area contributed by atoms with Gasteiger partial charge in [0.25, 0.3) is 0 Å². The first-order chi connectivity index (χ1) is 11.7. The van der Waals surface area contributed by atoms with Crippen LogP contribution < -0.4 is 5.69 Å². The number of aromatic nitrogens is 2. The molecule has 0 unspecified atom stereocenters. The summed E-state index contributed by atoms with van der Waals surface area (Å²) in [5.74, 6) is -1.28. The Labute approximate surface area is 146 Å². The minimum Gasteiger partial charge on any atom is -0.466 e. The Morgan fingerprint density at radius 2 is 1.88 bits per heavy atom. The molecule has 0 aliphatic rings. The minimum absolute atomic E-state index is 0.00786. The molecule has 25 heavy (non-hydrogen) atoms. The number of nitrogens with zero attached hydrogens (tertiary/aromatic N) is 1. The lowest BCUT2D eigenvalue weighted by Crippen LogP contribution is -2.09. The molecule has 1 heterocycles. The first-order valence-electron chi connectivity index (χ1n) is 7.21. The van der Waals surface area contributed by atoms with E-state index >= 15 is 0 Å². The van der Waals surface area contributed by atoms with Crippen LogP contribution in [0.4, 0.5) is 0 Å². The Morgan fingerprint density at radius 3 is 2.48 bits per heavy atom. The third-order valence-corrected chi connectivity index (χ3v) is 5.64. The number of nitrogens with one attached hydrogen (secondary N) is 2. The Kier molecular flexibility index (Phi) is 7.83. The summed E-state index contributed by atoms with van der Waals surface area (Å²) >= 11 is 0. The van der Waals surface area contributed by atoms with Crippen LogP contribution in [0.5, 0.6) is 0 Å². The lowest BCUT2D eigenvalue weighted by molar-refractivity contribution is -0.300. The molecule has 140 valence electrons. The van der Waals surface area contributed by atoms with E-state index in [0.29, 0.717) is 12.8 Å². The monoisotopic (exact) mass is 395 g/mol. The van der Waals surface area contributed by atoms with Gasteiger partial charge in [-0.05, 0) is 19.8 Å². The molecule has 0 spiro atoms. The van der Waals surface area contributed by atoms with E-state index in [1.54, 1.807) is 6.92 Å². The van der Waals surface area contributed by atoms with E-state index in [0.717, 1.165) is 0 Å². The number of hydrogen-bond donors (Lipinski definition) is 2. The largest absolute Gasteiger partial charge is 0.476 e. The maximum atomic E-state index is 12.1. The molecule has 13 heteroatoms. The number of ketones is 1. The van der Waals surface area contributed by atoms with E-state index in [1.807, 2.05) is 0 Å². The first-order valence-corrected chi connectivity index (χ1v) is 10.2. The minimum atomic E-state index is -4.63. The summed E-state index contributed by atoms with van der Waals surface area (Å²) in [5, 5.41) is 10.4. The third-order valence-electron chi connectivity index (χ3n) is 2.96. The number of H-pyrrole nitrogens is 2. The van der Waals surface area contributed by atoms with Gasteiger partial charge in [-0.1, -0.05) is 0 Å². The number of rotatable bonds is 11. The van der Waals surface area contributed by atoms with Crippen LogP contribution in [-0.2, 0) is 24.3 Å². The van der Waals surface area contributed by atoms with Gasteiger partial charge in [-0.2, -0.15) is 0 Å². The lowest BCUT2D eigenvalue weighted by Gasteiger charge is -2.03. The summed E-state index contributed by atoms with van der Waals surface area (Å²) < 4.78 is 25.6. The van der Waals surface area contributed by atoms with Gasteiger partial charge in [-0.3, -0.25) is 9.59 Å². The number of aromatic amines is 2. The smallest absolute Gasteiger partial charge is 0.466 e. The summed E-state index contributed by atoms with van der Waals surface area (Å²) in [6, 6.07) is 0. The number of imidazole rings is 1. The molecule has 0 aliphatic carbocycles. The van der Waals surface area contributed by atoms with Gasteiger partial charge in [0, 0.05) is 23.6 Å². The summed E-state index contributed by atoms with van der Waals surface area (Å²) in [5.41, 5.74) is -0.869. The summed E-state index contributed by atoms with van der Waals surface area (Å²) in [4.78, 5) is 49.5. The van der Waals surface area contributed by atoms with Crippen molar-refractivity contribution in [1.82, 2.24) is 9.97 Å². The molecule has 1 rings (SSSR count). The van der Waals surface area contributed by atoms with Crippen molar-refractivity contribution in [2.75, 3.05) is 6.61 Å². The van der Waals surface area contributed by atoms with E-state index < -0.39 is 30.6 Å². The molecule has 0 atom stereocenters. The Morgan fingerprint density at radius 1 is 1.24 bits per heavy atom. The number of esters is 1. The van der Waals surface area contributed by atoms with E-state index in [4.69, 9.17) is 4.74 Å². The van der Waals surface area contributed by atoms with E-state index in [-0.39, 0.29) is 47.6 Å². The molecule has 0 radical (unpaired) electrons. The highest BCUT2D eigenvalue weighted by molar-refractivity contribution is 8.69. The second kappa shape index (κ2) is 9.36. The summed E-state index contributed by atoms with van der Waals surface area (Å²) in [6.45, 7) is 1.96. The summed E-state index contributed by atoms with van der Waals surface area (Å²) in [7, 11) is -4.63. The van der Waals surface area contributed by atoms with Gasteiger partial charge in [-0.25, -0.2) is 14.9 Å². The van der Waals surface area contributed by atoms with Crippen molar-refractivity contribution in [3.05, 3.63) is 32.0 Å². The molecule has 2 N–H and O–H groups in total. The number of Topliss-reactive ketones (excluding diaryl/α,β-unsaturated/α-hetero) is 1. The van der Waals surface area contributed by atoms with Gasteiger partial charge in [0.2, 0.25) is 0 Å². The van der Waals surface area contributed by atoms with Gasteiger partial charge >= 0.3 is 20.7 Å². The molecule has 0 aliphatic heterocycles. The van der Waals surface area contributed by atoms with Crippen LogP contribution in [0.25, 0.3) is 0 Å². The molecular weight excluding hydrogens is 378 g/mol. The normalized spacial score (nSPS) is 11.2. The summed E-state index contributed by atoms with van der Waals surface area (Å²) in [6.07, 6.45) is 0.963. The zero-order valence-electron chi connectivity index (χ0n) is 13.3. The maximum Gasteiger partial charge on any atom is 0.476 e. The predicted octanol–water partition coefficient (Wildman–Crippen LogP) is 0.764. The average molecular weight is 395 g/mol. The number of unbranched alkanes of at least 4 members (excludes halogenated alkanes) is 1. The highest BCUT2D eigenvalue weighted by Gasteiger charge is 2.26. The van der Waals surface area contributed by atoms with Crippen LogP contribution in [-0.4, -0.2) is 41.1 Å². The molecule has 1 aromatic heterocycles. The lowest BCUT2D eigenvalue weighted by atomic mass is 10.1. The van der Waals surface area contributed by atoms with Gasteiger partial charge in [0.05, 0.1) is 18.1 Å². The van der Waals surface area contributed by atoms with Crippen molar-refractivity contribution in [2.24, 2.45) is 0 Å². The average Bonchev–Trinajstić information content (AvgIpc) is 2.90. The first kappa shape index (κ1) is 20.9. The molecule has 0 saturated heterocycles. The second-order valence-electron chi connectivity index (χ2n) is 4.78. The molecule has 1 aromatic rings. The van der Waals surface area contributed by atoms with Crippen LogP contribution in [0.1, 0.15) is 48.8 Å². The van der Waals surface area contributed by atoms with Crippen molar-refractivity contribution in [3.8, 4) is 0 Å². The molecule has 0 saturated carbocycles. The molecule has 0 amide bonds. The third kappa shape index (κ3) is 6.70. The van der Waals surface area contributed by atoms with Crippen LogP contribution in [0.15, 0.2) is 4.79 Å². The van der Waals surface area contributed by atoms with Crippen molar-refractivity contribution >= 4 is 31.6 Å². The fourth-order valence-electron chi connectivity index (χ4n) is 1.86. The quantitative estimate of drug-likeness (QED) is 0.137. The Bertz CT molecular complexity index is 796. The topological polar surface area (TPSA) is 169 Å². The van der Waals surface area contributed by atoms with Gasteiger partial charge in [0.15, 0.2) is 10.1 Å². The predicted molar refractivity (Wildman–Crippen MR) is 88.1 cm³/mol. The number of carbonyl (C=O) groups is 2. The van der Waals surface area contributed by atoms with Crippen molar-refractivity contribution in [1.29, 1.82) is 0 Å². The van der Waals surface area contributed by atoms with E-state index in [1.165, 1.54) is 0 Å². The van der Waals surface area contributed by atoms with Gasteiger partial charge < -0.3 is 14.7 Å². The zero-order valence-corrected chi connectivity index (χ0v) is 14.9. The Balaban J connectivity index is 2.63. The van der Waals surface area contributed by atoms with Crippen molar-refractivity contribution < 1.29 is 27.1 Å². The molecular formula is C12H17N3O8S2. The van der Waals surface area contributed by atoms with Crippen LogP contribution >= 0.6 is 10.8 Å². The molecule has 11 nitrogen and oxygen atoms in total. The van der Waals surface area contributed by atoms with Crippen LogP contribution in [0.3, 0.4) is 0 Å². The maximum absolute atomic E-state index is 12.1. The fraction of sp³-hybridized carbons (Fsp3) is 0.583. The van der Waals surface area contributed by atoms with Crippen LogP contribution in [0.2, 0.25) is 0 Å². The fourth-order valence-corrected chi connectivity index (χ4v) is 3.48. The van der Waals surface area contributed by atoms with Crippen molar-refractivity contribution in [2.45, 2.75) is 38.4 Å². The highest BCUT2D eigenvalue weighted by atomic mass is 33.1. The van der Waals surface area contributed by atoms with Crippen LogP contribution in [0, 0.1) is 10.1 Å². The SMILES string of the molecule is CCOC(=O)CCCCC(=O)c1[nH]c(=O)[nH]c1CSS(=O)(=O)[N+](=O)[O-]. The highest BCUT2D eigenvalue weighted by Crippen LogP contribution is 2.20. The molecule has 0 bridgehead atoms. The number of nitro groups is 1. The van der Waals surface area contributed by atoms with Gasteiger partial charge in [-0.15, -0.1) is 8.42 Å². The number of ether oxygens (including phenoxy) is 1. The van der Waals surface area contributed by atoms with E-state index in [9.17, 15) is 32.9 Å². The Hall–Kier alpha value is -2.15. The zero-order chi connectivity index (χ0) is 19.0. The molecule has 0 fully saturated rings.